The van der Waals surface area contributed by atoms with E-state index in [-0.39, 0.29) is 44.9 Å². The summed E-state index contributed by atoms with van der Waals surface area (Å²) in [5, 5.41) is 28.3. The summed E-state index contributed by atoms with van der Waals surface area (Å²) >= 11 is 12.0. The molecule has 0 spiro atoms. The van der Waals surface area contributed by atoms with E-state index in [2.05, 4.69) is 14.7 Å². The highest BCUT2D eigenvalue weighted by atomic mass is 35.5. The molecule has 19 heteroatoms. The van der Waals surface area contributed by atoms with E-state index in [0.29, 0.717) is 31.7 Å². The number of pyridine rings is 2. The van der Waals surface area contributed by atoms with Gasteiger partial charge in [-0.15, -0.1) is 0 Å². The van der Waals surface area contributed by atoms with Crippen molar-refractivity contribution in [1.29, 1.82) is 0 Å². The minimum Gasteiger partial charge on any atom is -0.437 e. The van der Waals surface area contributed by atoms with Crippen LogP contribution >= 0.6 is 23.2 Å². The van der Waals surface area contributed by atoms with Gasteiger partial charge in [-0.05, 0) is 114 Å². The van der Waals surface area contributed by atoms with E-state index >= 15 is 0 Å². The van der Waals surface area contributed by atoms with Crippen molar-refractivity contribution < 1.29 is 32.0 Å². The number of piperidine rings is 2. The first-order valence-corrected chi connectivity index (χ1v) is 20.8. The molecule has 0 radical (unpaired) electrons. The maximum Gasteiger partial charge on any atom is 0.376 e. The van der Waals surface area contributed by atoms with Gasteiger partial charge in [-0.25, -0.2) is 31.1 Å². The van der Waals surface area contributed by atoms with Gasteiger partial charge in [0.2, 0.25) is 0 Å². The molecule has 2 aliphatic heterocycles. The lowest BCUT2D eigenvalue weighted by Gasteiger charge is -2.38. The van der Waals surface area contributed by atoms with Crippen LogP contribution in [0.3, 0.4) is 0 Å². The molecule has 0 bridgehead atoms. The number of aromatic nitrogens is 2. The van der Waals surface area contributed by atoms with Crippen molar-refractivity contribution in [2.24, 2.45) is 0 Å². The first-order valence-electron chi connectivity index (χ1n) is 17.1. The molecule has 0 saturated carbocycles. The third-order valence-electron chi connectivity index (χ3n) is 8.67. The van der Waals surface area contributed by atoms with Crippen LogP contribution in [0.5, 0.6) is 0 Å². The van der Waals surface area contributed by atoms with Crippen LogP contribution in [-0.4, -0.2) is 104 Å². The number of halogens is 2. The van der Waals surface area contributed by atoms with E-state index in [0.717, 1.165) is 25.9 Å². The second kappa shape index (κ2) is 19.9. The Morgan fingerprint density at radius 1 is 0.698 bits per heavy atom. The lowest BCUT2D eigenvalue weighted by atomic mass is 9.82. The lowest BCUT2D eigenvalue weighted by molar-refractivity contribution is 0.107. The quantitative estimate of drug-likeness (QED) is 0.174. The molecule has 2 aliphatic rings. The molecule has 2 aromatic heterocycles. The van der Waals surface area contributed by atoms with Crippen molar-refractivity contribution in [2.75, 3.05) is 35.2 Å². The smallest absolute Gasteiger partial charge is 0.376 e. The van der Waals surface area contributed by atoms with Crippen LogP contribution in [0.25, 0.3) is 0 Å². The zero-order chi connectivity index (χ0) is 38.6. The first kappa shape index (κ1) is 42.5. The van der Waals surface area contributed by atoms with E-state index in [9.17, 15) is 21.9 Å². The Bertz CT molecular complexity index is 1940. The van der Waals surface area contributed by atoms with Crippen LogP contribution in [0.1, 0.15) is 25.7 Å². The van der Waals surface area contributed by atoms with Gasteiger partial charge in [0.25, 0.3) is 20.0 Å². The molecule has 0 atom stereocenters. The average molecular weight is 805 g/mol. The minimum atomic E-state index is -3.86. The van der Waals surface area contributed by atoms with Gasteiger partial charge in [0, 0.05) is 18.4 Å². The second-order valence-corrected chi connectivity index (χ2v) is 16.7. The Balaban J connectivity index is 0.000000198. The van der Waals surface area contributed by atoms with Crippen LogP contribution in [0, 0.1) is 0 Å². The van der Waals surface area contributed by atoms with Crippen LogP contribution in [-0.2, 0) is 20.0 Å². The number of aliphatic hydroxyl groups is 1. The zero-order valence-corrected chi connectivity index (χ0v) is 32.6. The fourth-order valence-corrected chi connectivity index (χ4v) is 9.47. The number of hydrogen-bond donors (Lipinski definition) is 4. The highest BCUT2D eigenvalue weighted by Crippen LogP contribution is 2.32. The SMILES string of the molecule is CB(O)N1CCC(N(c2ccccn2)S(=O)(=O)c2ccccc2Cl)CC1.CB(O)N1CCC(O)CC1.O=S(=O)(Nc1ccccn1)c1ccccc1Cl. The topological polar surface area (TPSA) is 176 Å². The van der Waals surface area contributed by atoms with E-state index in [1.807, 2.05) is 9.62 Å². The van der Waals surface area contributed by atoms with Gasteiger partial charge in [0.15, 0.2) is 0 Å². The summed E-state index contributed by atoms with van der Waals surface area (Å²) in [4.78, 5) is 12.2. The molecule has 4 N–H and O–H groups in total. The number of benzene rings is 2. The van der Waals surface area contributed by atoms with E-state index in [1.165, 1.54) is 28.7 Å². The number of rotatable bonds is 9. The summed E-state index contributed by atoms with van der Waals surface area (Å²) in [5.41, 5.74) is 0. The Morgan fingerprint density at radius 2 is 1.17 bits per heavy atom. The normalized spacial score (nSPS) is 16.0. The highest BCUT2D eigenvalue weighted by molar-refractivity contribution is 7.93. The fraction of sp³-hybridized carbons (Fsp3) is 0.353. The molecular weight excluding hydrogens is 761 g/mol. The van der Waals surface area contributed by atoms with Crippen molar-refractivity contribution in [3.63, 3.8) is 0 Å². The first-order chi connectivity index (χ1) is 25.2. The van der Waals surface area contributed by atoms with Gasteiger partial charge >= 0.3 is 14.1 Å². The van der Waals surface area contributed by atoms with Crippen LogP contribution < -0.4 is 9.03 Å². The van der Waals surface area contributed by atoms with Crippen molar-refractivity contribution >= 4 is 69.0 Å². The molecule has 2 fully saturated rings. The molecule has 4 heterocycles. The van der Waals surface area contributed by atoms with E-state index in [1.54, 1.807) is 86.6 Å². The number of hydrogen-bond acceptors (Lipinski definition) is 11. The van der Waals surface area contributed by atoms with Crippen LogP contribution in [0.15, 0.2) is 107 Å². The predicted molar refractivity (Wildman–Crippen MR) is 211 cm³/mol. The highest BCUT2D eigenvalue weighted by Gasteiger charge is 2.36. The molecule has 53 heavy (non-hydrogen) atoms. The third kappa shape index (κ3) is 12.1. The van der Waals surface area contributed by atoms with Crippen LogP contribution in [0.2, 0.25) is 23.7 Å². The maximum absolute atomic E-state index is 13.4. The number of sulfonamides is 2. The van der Waals surface area contributed by atoms with Crippen molar-refractivity contribution in [3.8, 4) is 0 Å². The molecule has 0 aliphatic carbocycles. The number of nitrogens with zero attached hydrogens (tertiary/aromatic N) is 5. The van der Waals surface area contributed by atoms with Gasteiger partial charge in [-0.3, -0.25) is 4.72 Å². The van der Waals surface area contributed by atoms with Gasteiger partial charge in [0.1, 0.15) is 21.4 Å². The summed E-state index contributed by atoms with van der Waals surface area (Å²) in [7, 11) is -8.45. The molecule has 284 valence electrons. The zero-order valence-electron chi connectivity index (χ0n) is 29.5. The lowest BCUT2D eigenvalue weighted by Crippen LogP contribution is -2.51. The fourth-order valence-electron chi connectivity index (χ4n) is 5.78. The maximum atomic E-state index is 13.4. The number of anilines is 2. The number of aliphatic hydroxyl groups excluding tert-OH is 1. The third-order valence-corrected chi connectivity index (χ3v) is 12.9. The summed E-state index contributed by atoms with van der Waals surface area (Å²) < 4.78 is 54.5. The largest absolute Gasteiger partial charge is 0.437 e. The Hall–Kier alpha value is -3.25. The molecule has 0 unspecified atom stereocenters. The van der Waals surface area contributed by atoms with Gasteiger partial charge in [-0.2, -0.15) is 0 Å². The minimum absolute atomic E-state index is 0.0346. The Labute approximate surface area is 323 Å². The summed E-state index contributed by atoms with van der Waals surface area (Å²) in [6.45, 7) is 6.35. The molecule has 2 aromatic carbocycles. The molecule has 13 nitrogen and oxygen atoms in total. The van der Waals surface area contributed by atoms with Crippen molar-refractivity contribution in [1.82, 2.24) is 19.6 Å². The molecular formula is C34H44B2Cl2N6O7S2. The average Bonchev–Trinajstić information content (AvgIpc) is 3.13. The van der Waals surface area contributed by atoms with Crippen LogP contribution in [0.4, 0.5) is 11.6 Å². The van der Waals surface area contributed by atoms with E-state index < -0.39 is 27.1 Å². The van der Waals surface area contributed by atoms with Gasteiger partial charge in [-0.1, -0.05) is 59.6 Å². The molecule has 0 amide bonds. The summed E-state index contributed by atoms with van der Waals surface area (Å²) in [5.74, 6) is 0.635. The molecule has 4 aromatic rings. The van der Waals surface area contributed by atoms with Gasteiger partial charge in [0.05, 0.1) is 16.1 Å². The molecule has 2 saturated heterocycles. The monoisotopic (exact) mass is 804 g/mol. The van der Waals surface area contributed by atoms with Gasteiger partial charge < -0.3 is 24.8 Å². The Kier molecular flexibility index (Phi) is 15.9. The summed E-state index contributed by atoms with van der Waals surface area (Å²) in [6.07, 6.45) is 5.74. The number of nitrogens with one attached hydrogen (secondary N) is 1. The van der Waals surface area contributed by atoms with Crippen molar-refractivity contribution in [2.45, 2.75) is 61.3 Å². The Morgan fingerprint density at radius 3 is 1.64 bits per heavy atom. The molecule has 6 rings (SSSR count). The van der Waals surface area contributed by atoms with E-state index in [4.69, 9.17) is 33.3 Å². The standard InChI is InChI=1S/C17H21BClN3O3S.C11H9ClN2O2S.C6H14BNO2/c1-18(23)21-12-9-14(10-13-21)22(17-8-4-5-11-20-17)26(24,25)16-7-3-2-6-15(16)19;12-9-5-1-2-6-10(9)17(15,16)14-11-7-3-4-8-13-11;1-7(10)8-4-2-6(9)3-5-8/h2-8,11,14,23H,9-10,12-13H2,1H3;1-8H,(H,13,14);6,9-10H,2-5H2,1H3. The van der Waals surface area contributed by atoms with Crippen molar-refractivity contribution in [3.05, 3.63) is 107 Å². The summed E-state index contributed by atoms with van der Waals surface area (Å²) in [6, 6.07) is 22.6. The predicted octanol–water partition coefficient (Wildman–Crippen LogP) is 4.59. The second-order valence-electron chi connectivity index (χ2n) is 12.5.